The summed E-state index contributed by atoms with van der Waals surface area (Å²) in [5, 5.41) is 0. The molecule has 0 bridgehead atoms. The molecule has 0 heterocycles. The van der Waals surface area contributed by atoms with Crippen molar-refractivity contribution >= 4 is 14.5 Å². The van der Waals surface area contributed by atoms with Crippen LogP contribution < -0.4 is 0 Å². The van der Waals surface area contributed by atoms with Crippen molar-refractivity contribution in [2.45, 2.75) is 0 Å². The van der Waals surface area contributed by atoms with Crippen molar-refractivity contribution in [2.75, 3.05) is 0 Å². The predicted molar refractivity (Wildman–Crippen MR) is 42.7 cm³/mol. The molecule has 0 amide bonds. The normalized spacial score (nSPS) is 7.67. The van der Waals surface area contributed by atoms with E-state index in [1.165, 1.54) is 5.56 Å². The van der Waals surface area contributed by atoms with Gasteiger partial charge in [-0.3, -0.25) is 0 Å². The SMILES string of the molecule is P.[Ru]=[CH]c1ccccc1. The first kappa shape index (κ1) is 9.14. The summed E-state index contributed by atoms with van der Waals surface area (Å²) in [7, 11) is 0. The average molecular weight is 225 g/mol. The first-order chi connectivity index (χ1) is 3.93. The van der Waals surface area contributed by atoms with Gasteiger partial charge in [-0.2, -0.15) is 9.90 Å². The molecule has 50 valence electrons. The Hall–Kier alpha value is 0.143. The van der Waals surface area contributed by atoms with Crippen molar-refractivity contribution in [1.29, 1.82) is 0 Å². The van der Waals surface area contributed by atoms with E-state index in [4.69, 9.17) is 0 Å². The quantitative estimate of drug-likeness (QED) is 0.501. The van der Waals surface area contributed by atoms with E-state index in [2.05, 4.69) is 30.0 Å². The van der Waals surface area contributed by atoms with Crippen LogP contribution >= 0.6 is 9.90 Å². The van der Waals surface area contributed by atoms with E-state index in [1.807, 2.05) is 22.8 Å². The summed E-state index contributed by atoms with van der Waals surface area (Å²) in [6.45, 7) is 0. The maximum atomic E-state index is 2.48. The predicted octanol–water partition coefficient (Wildman–Crippen LogP) is 1.44. The third-order valence-corrected chi connectivity index (χ3v) is 1.50. The van der Waals surface area contributed by atoms with Gasteiger partial charge < -0.3 is 0 Å². The van der Waals surface area contributed by atoms with Crippen LogP contribution in [-0.4, -0.2) is 4.61 Å². The van der Waals surface area contributed by atoms with E-state index >= 15 is 0 Å². The Morgan fingerprint density at radius 3 is 2.00 bits per heavy atom. The van der Waals surface area contributed by atoms with Crippen LogP contribution in [0.5, 0.6) is 0 Å². The molecule has 0 saturated heterocycles. The second-order valence-electron chi connectivity index (χ2n) is 1.51. The molecule has 0 spiro atoms. The molecule has 0 saturated carbocycles. The van der Waals surface area contributed by atoms with Crippen LogP contribution in [0.25, 0.3) is 0 Å². The van der Waals surface area contributed by atoms with Crippen LogP contribution in [0.15, 0.2) is 30.3 Å². The van der Waals surface area contributed by atoms with Crippen LogP contribution in [-0.2, 0) is 17.9 Å². The number of rotatable bonds is 1. The zero-order chi connectivity index (χ0) is 5.82. The second-order valence-corrected chi connectivity index (χ2v) is 2.01. The van der Waals surface area contributed by atoms with Crippen LogP contribution in [0.2, 0.25) is 0 Å². The first-order valence-corrected chi connectivity index (χ1v) is 3.41. The Labute approximate surface area is 68.5 Å². The Morgan fingerprint density at radius 2 is 1.67 bits per heavy atom. The minimum absolute atomic E-state index is 0. The average Bonchev–Trinajstić information content (AvgIpc) is 1.90. The molecule has 0 aliphatic rings. The summed E-state index contributed by atoms with van der Waals surface area (Å²) >= 11 is 2.48. The van der Waals surface area contributed by atoms with Gasteiger partial charge in [0.25, 0.3) is 0 Å². The summed E-state index contributed by atoms with van der Waals surface area (Å²) in [6.07, 6.45) is 0. The second kappa shape index (κ2) is 4.97. The molecule has 2 heteroatoms. The van der Waals surface area contributed by atoms with Crippen molar-refractivity contribution < 1.29 is 17.9 Å². The third kappa shape index (κ3) is 2.99. The van der Waals surface area contributed by atoms with E-state index in [9.17, 15) is 0 Å². The van der Waals surface area contributed by atoms with Gasteiger partial charge in [-0.25, -0.2) is 0 Å². The Bertz CT molecular complexity index is 172. The molecule has 1 aromatic rings. The van der Waals surface area contributed by atoms with Gasteiger partial charge >= 0.3 is 58.4 Å². The van der Waals surface area contributed by atoms with E-state index in [0.29, 0.717) is 0 Å². The van der Waals surface area contributed by atoms with Gasteiger partial charge in [-0.05, 0) is 0 Å². The topological polar surface area (TPSA) is 0 Å². The molecule has 1 unspecified atom stereocenters. The van der Waals surface area contributed by atoms with Crippen molar-refractivity contribution in [3.63, 3.8) is 0 Å². The molecule has 0 aliphatic carbocycles. The molecule has 0 fully saturated rings. The van der Waals surface area contributed by atoms with Gasteiger partial charge in [-0.15, -0.1) is 0 Å². The molecule has 0 nitrogen and oxygen atoms in total. The maximum absolute atomic E-state index is 2.48. The molecule has 9 heavy (non-hydrogen) atoms. The number of hydrogen-bond acceptors (Lipinski definition) is 0. The fourth-order valence-corrected chi connectivity index (χ4v) is 0.856. The standard InChI is InChI=1S/C7H6.H3P.Ru/c1-7-5-3-2-4-6-7;;/h1-6H;1H3;. The summed E-state index contributed by atoms with van der Waals surface area (Å²) in [4.78, 5) is 0. The van der Waals surface area contributed by atoms with E-state index in [1.54, 1.807) is 0 Å². The Morgan fingerprint density at radius 1 is 1.11 bits per heavy atom. The summed E-state index contributed by atoms with van der Waals surface area (Å²) in [6, 6.07) is 10.2. The molecule has 1 rings (SSSR count). The zero-order valence-electron chi connectivity index (χ0n) is 5.02. The molecule has 0 radical (unpaired) electrons. The first-order valence-electron chi connectivity index (χ1n) is 2.40. The van der Waals surface area contributed by atoms with E-state index in [-0.39, 0.29) is 9.90 Å². The van der Waals surface area contributed by atoms with Gasteiger partial charge in [0.05, 0.1) is 0 Å². The molecule has 0 aliphatic heterocycles. The van der Waals surface area contributed by atoms with Crippen molar-refractivity contribution in [3.8, 4) is 0 Å². The summed E-state index contributed by atoms with van der Waals surface area (Å²) < 4.78 is 2.01. The van der Waals surface area contributed by atoms with Crippen LogP contribution in [0.4, 0.5) is 0 Å². The van der Waals surface area contributed by atoms with Gasteiger partial charge in [0.1, 0.15) is 0 Å². The summed E-state index contributed by atoms with van der Waals surface area (Å²) in [5.74, 6) is 0. The van der Waals surface area contributed by atoms with Crippen molar-refractivity contribution in [3.05, 3.63) is 35.9 Å². The minimum atomic E-state index is 0. The molecule has 0 N–H and O–H groups in total. The fourth-order valence-electron chi connectivity index (χ4n) is 0.521. The van der Waals surface area contributed by atoms with Crippen molar-refractivity contribution in [2.24, 2.45) is 0 Å². The van der Waals surface area contributed by atoms with E-state index < -0.39 is 0 Å². The molecular formula is C7H9PRu. The number of hydrogen-bond donors (Lipinski definition) is 0. The van der Waals surface area contributed by atoms with Crippen molar-refractivity contribution in [1.82, 2.24) is 0 Å². The molecule has 1 aromatic carbocycles. The number of benzene rings is 1. The van der Waals surface area contributed by atoms with Gasteiger partial charge in [-0.1, -0.05) is 0 Å². The molecule has 0 aromatic heterocycles. The van der Waals surface area contributed by atoms with Crippen LogP contribution in [0, 0.1) is 0 Å². The summed E-state index contributed by atoms with van der Waals surface area (Å²) in [5.41, 5.74) is 1.25. The zero-order valence-corrected chi connectivity index (χ0v) is 8.18. The van der Waals surface area contributed by atoms with Crippen LogP contribution in [0.3, 0.4) is 0 Å². The monoisotopic (exact) mass is 226 g/mol. The Balaban J connectivity index is 0.000000640. The molecular weight excluding hydrogens is 216 g/mol. The van der Waals surface area contributed by atoms with Crippen LogP contribution in [0.1, 0.15) is 5.56 Å². The van der Waals surface area contributed by atoms with Gasteiger partial charge in [0.2, 0.25) is 0 Å². The van der Waals surface area contributed by atoms with Gasteiger partial charge in [0.15, 0.2) is 0 Å². The molecule has 1 atom stereocenters. The Kier molecular flexibility index (Phi) is 5.05. The third-order valence-electron chi connectivity index (χ3n) is 0.917. The van der Waals surface area contributed by atoms with Gasteiger partial charge in [0, 0.05) is 0 Å². The fraction of sp³-hybridized carbons (Fsp3) is 0. The van der Waals surface area contributed by atoms with E-state index in [0.717, 1.165) is 0 Å².